The SMILES string of the molecule is Cc1oc2ncnc(NC3(C)CC3)c2c1C(=O)N1CCc2c(OCCF)ccnc2C1. The standard InChI is InChI=1S/C22H24FN5O3/c1-13-17(18-19(27-22(2)5-6-22)25-12-26-20(18)31-13)21(29)28-9-4-14-15(11-28)24-8-3-16(14)30-10-7-23/h3,8,12H,4-7,9-11H2,1-2H3,(H,25,26,27). The van der Waals surface area contributed by atoms with Gasteiger partial charge >= 0.3 is 0 Å². The molecule has 1 amide bonds. The van der Waals surface area contributed by atoms with E-state index in [1.807, 2.05) is 0 Å². The van der Waals surface area contributed by atoms with Crippen LogP contribution in [-0.2, 0) is 13.0 Å². The molecule has 31 heavy (non-hydrogen) atoms. The van der Waals surface area contributed by atoms with Gasteiger partial charge in [0, 0.05) is 23.8 Å². The second-order valence-corrected chi connectivity index (χ2v) is 8.37. The number of fused-ring (bicyclic) bond motifs is 2. The number of nitrogens with one attached hydrogen (secondary N) is 1. The van der Waals surface area contributed by atoms with E-state index in [0.29, 0.717) is 53.5 Å². The molecule has 1 fully saturated rings. The number of aromatic nitrogens is 3. The molecule has 5 rings (SSSR count). The van der Waals surface area contributed by atoms with Gasteiger partial charge in [-0.3, -0.25) is 9.78 Å². The van der Waals surface area contributed by atoms with Crippen molar-refractivity contribution in [3.63, 3.8) is 0 Å². The van der Waals surface area contributed by atoms with E-state index in [2.05, 4.69) is 27.2 Å². The molecule has 0 saturated heterocycles. The Bertz CT molecular complexity index is 1160. The molecule has 9 heteroatoms. The topological polar surface area (TPSA) is 93.4 Å². The lowest BCUT2D eigenvalue weighted by Gasteiger charge is -2.29. The highest BCUT2D eigenvalue weighted by Gasteiger charge is 2.39. The number of anilines is 1. The van der Waals surface area contributed by atoms with Gasteiger partial charge in [0.15, 0.2) is 0 Å². The third-order valence-corrected chi connectivity index (χ3v) is 5.99. The van der Waals surface area contributed by atoms with Gasteiger partial charge in [-0.15, -0.1) is 0 Å². The molecule has 162 valence electrons. The predicted octanol–water partition coefficient (Wildman–Crippen LogP) is 3.44. The third kappa shape index (κ3) is 3.58. The number of furan rings is 1. The summed E-state index contributed by atoms with van der Waals surface area (Å²) in [6.07, 6.45) is 5.78. The molecule has 0 bridgehead atoms. The van der Waals surface area contributed by atoms with Gasteiger partial charge in [-0.2, -0.15) is 0 Å². The fourth-order valence-corrected chi connectivity index (χ4v) is 4.04. The molecule has 0 spiro atoms. The number of hydrogen-bond donors (Lipinski definition) is 1. The quantitative estimate of drug-likeness (QED) is 0.647. The van der Waals surface area contributed by atoms with Crippen molar-refractivity contribution < 1.29 is 18.3 Å². The lowest BCUT2D eigenvalue weighted by atomic mass is 10.0. The van der Waals surface area contributed by atoms with Gasteiger partial charge in [-0.1, -0.05) is 0 Å². The minimum absolute atomic E-state index is 0.00320. The lowest BCUT2D eigenvalue weighted by molar-refractivity contribution is 0.0730. The van der Waals surface area contributed by atoms with Gasteiger partial charge in [-0.05, 0) is 39.2 Å². The first-order valence-corrected chi connectivity index (χ1v) is 10.5. The van der Waals surface area contributed by atoms with E-state index < -0.39 is 6.67 Å². The van der Waals surface area contributed by atoms with Gasteiger partial charge in [0.25, 0.3) is 5.91 Å². The maximum atomic E-state index is 13.6. The van der Waals surface area contributed by atoms with Crippen molar-refractivity contribution in [3.8, 4) is 5.75 Å². The number of hydrogen-bond acceptors (Lipinski definition) is 7. The number of carbonyl (C=O) groups excluding carboxylic acids is 1. The summed E-state index contributed by atoms with van der Waals surface area (Å²) in [6, 6.07) is 1.74. The molecule has 3 aromatic heterocycles. The van der Waals surface area contributed by atoms with Crippen LogP contribution in [0.2, 0.25) is 0 Å². The first-order valence-electron chi connectivity index (χ1n) is 10.5. The van der Waals surface area contributed by atoms with Gasteiger partial charge in [-0.25, -0.2) is 14.4 Å². The molecule has 1 aliphatic carbocycles. The van der Waals surface area contributed by atoms with Crippen LogP contribution in [-0.4, -0.2) is 51.1 Å². The number of pyridine rings is 1. The van der Waals surface area contributed by atoms with Crippen LogP contribution in [0.1, 0.15) is 47.1 Å². The van der Waals surface area contributed by atoms with Crippen LogP contribution in [0.4, 0.5) is 10.2 Å². The van der Waals surface area contributed by atoms with Crippen molar-refractivity contribution in [3.05, 3.63) is 41.2 Å². The molecule has 1 saturated carbocycles. The van der Waals surface area contributed by atoms with Gasteiger partial charge in [0.2, 0.25) is 5.71 Å². The van der Waals surface area contributed by atoms with Crippen LogP contribution < -0.4 is 10.1 Å². The fraction of sp³-hybridized carbons (Fsp3) is 0.455. The second-order valence-electron chi connectivity index (χ2n) is 8.37. The Labute approximate surface area is 178 Å². The Hall–Kier alpha value is -3.23. The number of amides is 1. The molecule has 0 unspecified atom stereocenters. The zero-order valence-electron chi connectivity index (χ0n) is 17.6. The molecule has 4 heterocycles. The first kappa shape index (κ1) is 19.7. The summed E-state index contributed by atoms with van der Waals surface area (Å²) in [5.74, 6) is 1.64. The molecule has 0 atom stereocenters. The maximum absolute atomic E-state index is 13.6. The van der Waals surface area contributed by atoms with E-state index in [0.717, 1.165) is 24.1 Å². The molecule has 1 aliphatic heterocycles. The highest BCUT2D eigenvalue weighted by Crippen LogP contribution is 2.40. The number of alkyl halides is 1. The average Bonchev–Trinajstić information content (AvgIpc) is 3.39. The number of halogens is 1. The smallest absolute Gasteiger partial charge is 0.258 e. The Morgan fingerprint density at radius 3 is 2.97 bits per heavy atom. The molecule has 8 nitrogen and oxygen atoms in total. The molecule has 1 N–H and O–H groups in total. The summed E-state index contributed by atoms with van der Waals surface area (Å²) in [4.78, 5) is 28.4. The minimum atomic E-state index is -0.550. The molecular formula is C22H24FN5O3. The summed E-state index contributed by atoms with van der Waals surface area (Å²) in [5, 5.41) is 4.07. The predicted molar refractivity (Wildman–Crippen MR) is 112 cm³/mol. The van der Waals surface area contributed by atoms with E-state index >= 15 is 0 Å². The van der Waals surface area contributed by atoms with Crippen LogP contribution in [0.25, 0.3) is 11.1 Å². The maximum Gasteiger partial charge on any atom is 0.258 e. The molecule has 0 aromatic carbocycles. The number of carbonyl (C=O) groups is 1. The van der Waals surface area contributed by atoms with Crippen molar-refractivity contribution in [1.29, 1.82) is 0 Å². The number of ether oxygens (including phenoxy) is 1. The zero-order valence-corrected chi connectivity index (χ0v) is 17.6. The van der Waals surface area contributed by atoms with E-state index in [4.69, 9.17) is 9.15 Å². The zero-order chi connectivity index (χ0) is 21.6. The first-order chi connectivity index (χ1) is 15.0. The van der Waals surface area contributed by atoms with Crippen LogP contribution in [0.5, 0.6) is 5.75 Å². The monoisotopic (exact) mass is 425 g/mol. The second kappa shape index (κ2) is 7.47. The Morgan fingerprint density at radius 2 is 2.19 bits per heavy atom. The number of rotatable bonds is 6. The van der Waals surface area contributed by atoms with E-state index in [9.17, 15) is 9.18 Å². The van der Waals surface area contributed by atoms with Crippen molar-refractivity contribution >= 4 is 22.8 Å². The van der Waals surface area contributed by atoms with Crippen molar-refractivity contribution in [2.45, 2.75) is 45.2 Å². The highest BCUT2D eigenvalue weighted by molar-refractivity contribution is 6.10. The van der Waals surface area contributed by atoms with Gasteiger partial charge in [0.1, 0.15) is 36.9 Å². The van der Waals surface area contributed by atoms with Crippen LogP contribution in [0, 0.1) is 6.92 Å². The number of aryl methyl sites for hydroxylation is 1. The van der Waals surface area contributed by atoms with Crippen molar-refractivity contribution in [1.82, 2.24) is 19.9 Å². The van der Waals surface area contributed by atoms with Crippen molar-refractivity contribution in [2.75, 3.05) is 25.1 Å². The highest BCUT2D eigenvalue weighted by atomic mass is 19.1. The normalized spacial score (nSPS) is 16.8. The van der Waals surface area contributed by atoms with Crippen LogP contribution >= 0.6 is 0 Å². The summed E-state index contributed by atoms with van der Waals surface area (Å²) in [7, 11) is 0. The van der Waals surface area contributed by atoms with E-state index in [1.54, 1.807) is 24.1 Å². The Balaban J connectivity index is 1.47. The molecule has 2 aliphatic rings. The molecule has 3 aromatic rings. The average molecular weight is 425 g/mol. The summed E-state index contributed by atoms with van der Waals surface area (Å²) in [5.41, 5.74) is 2.58. The Morgan fingerprint density at radius 1 is 1.35 bits per heavy atom. The largest absolute Gasteiger partial charge is 0.490 e. The van der Waals surface area contributed by atoms with E-state index in [-0.39, 0.29) is 18.1 Å². The fourth-order valence-electron chi connectivity index (χ4n) is 4.04. The van der Waals surface area contributed by atoms with Crippen LogP contribution in [0.15, 0.2) is 23.0 Å². The molecular weight excluding hydrogens is 401 g/mol. The van der Waals surface area contributed by atoms with Crippen LogP contribution in [0.3, 0.4) is 0 Å². The Kier molecular flexibility index (Phi) is 4.75. The summed E-state index contributed by atoms with van der Waals surface area (Å²) in [6.45, 7) is 4.22. The number of nitrogens with zero attached hydrogens (tertiary/aromatic N) is 4. The summed E-state index contributed by atoms with van der Waals surface area (Å²) >= 11 is 0. The van der Waals surface area contributed by atoms with E-state index in [1.165, 1.54) is 6.33 Å². The van der Waals surface area contributed by atoms with Gasteiger partial charge in [0.05, 0.1) is 23.2 Å². The van der Waals surface area contributed by atoms with Crippen molar-refractivity contribution in [2.24, 2.45) is 0 Å². The van der Waals surface area contributed by atoms with Gasteiger partial charge < -0.3 is 19.4 Å². The minimum Gasteiger partial charge on any atom is -0.490 e. The molecule has 0 radical (unpaired) electrons. The summed E-state index contributed by atoms with van der Waals surface area (Å²) < 4.78 is 23.8. The third-order valence-electron chi connectivity index (χ3n) is 5.99. The lowest BCUT2D eigenvalue weighted by Crippen LogP contribution is -2.37.